The summed E-state index contributed by atoms with van der Waals surface area (Å²) in [6, 6.07) is 18.6. The van der Waals surface area contributed by atoms with Gasteiger partial charge in [0.25, 0.3) is 5.91 Å². The highest BCUT2D eigenvalue weighted by Crippen LogP contribution is 2.46. The number of hydrogen-bond acceptors (Lipinski definition) is 4. The van der Waals surface area contributed by atoms with Gasteiger partial charge in [-0.3, -0.25) is 14.5 Å². The Hall–Kier alpha value is -3.88. The molecule has 3 aliphatic heterocycles. The molecule has 9 nitrogen and oxygen atoms in total. The third-order valence-electron chi connectivity index (χ3n) is 8.55. The topological polar surface area (TPSA) is 93.3 Å². The fourth-order valence-corrected chi connectivity index (χ4v) is 6.33. The monoisotopic (exact) mass is 515 g/mol. The van der Waals surface area contributed by atoms with Gasteiger partial charge >= 0.3 is 12.1 Å². The molecule has 1 aliphatic carbocycles. The number of rotatable bonds is 4. The van der Waals surface area contributed by atoms with E-state index in [9.17, 15) is 19.2 Å². The predicted molar refractivity (Wildman–Crippen MR) is 140 cm³/mol. The van der Waals surface area contributed by atoms with Crippen LogP contribution in [0.3, 0.4) is 0 Å². The minimum Gasteiger partial charge on any atom is -0.342 e. The largest absolute Gasteiger partial charge is 0.342 e. The molecule has 198 valence electrons. The zero-order valence-corrected chi connectivity index (χ0v) is 21.5. The molecule has 6 rings (SSSR count). The molecule has 3 unspecified atom stereocenters. The molecular weight excluding hydrogens is 482 g/mol. The van der Waals surface area contributed by atoms with Crippen molar-refractivity contribution in [1.29, 1.82) is 0 Å². The maximum Gasteiger partial charge on any atom is 0.327 e. The summed E-state index contributed by atoms with van der Waals surface area (Å²) in [6.45, 7) is 3.63. The Morgan fingerprint density at radius 3 is 2.13 bits per heavy atom. The summed E-state index contributed by atoms with van der Waals surface area (Å²) < 4.78 is 0. The van der Waals surface area contributed by atoms with Crippen LogP contribution >= 0.6 is 0 Å². The number of likely N-dealkylation sites (tertiary alicyclic amines) is 1. The number of nitrogens with zero attached hydrogens (tertiary/aromatic N) is 4. The number of carbonyl (C=O) groups is 4. The van der Waals surface area contributed by atoms with Crippen molar-refractivity contribution in [3.05, 3.63) is 71.8 Å². The van der Waals surface area contributed by atoms with Gasteiger partial charge < -0.3 is 20.0 Å². The van der Waals surface area contributed by atoms with Crippen LogP contribution in [0.15, 0.2) is 60.7 Å². The SMILES string of the molecule is CC(=O)N1CCC(NC(=O)N2CCN3C(=O)N([C@H]4C[C@@H]4c4ccccc4)C(=O)C3C2)C(c2ccccc2)C1. The molecule has 4 aliphatic rings. The van der Waals surface area contributed by atoms with E-state index in [4.69, 9.17) is 0 Å². The summed E-state index contributed by atoms with van der Waals surface area (Å²) in [5.41, 5.74) is 2.23. The van der Waals surface area contributed by atoms with Crippen molar-refractivity contribution in [2.45, 2.75) is 49.7 Å². The molecule has 2 aromatic carbocycles. The van der Waals surface area contributed by atoms with Crippen molar-refractivity contribution >= 4 is 23.9 Å². The van der Waals surface area contributed by atoms with Crippen molar-refractivity contribution in [1.82, 2.24) is 24.9 Å². The summed E-state index contributed by atoms with van der Waals surface area (Å²) >= 11 is 0. The van der Waals surface area contributed by atoms with Crippen LogP contribution in [0.4, 0.5) is 9.59 Å². The molecule has 3 heterocycles. The fourth-order valence-electron chi connectivity index (χ4n) is 6.33. The number of piperidine rings is 1. The number of urea groups is 2. The van der Waals surface area contributed by atoms with Gasteiger partial charge in [-0.25, -0.2) is 9.59 Å². The Labute approximate surface area is 222 Å². The number of piperazine rings is 1. The second-order valence-electron chi connectivity index (χ2n) is 10.8. The van der Waals surface area contributed by atoms with Crippen LogP contribution in [-0.2, 0) is 9.59 Å². The predicted octanol–water partition coefficient (Wildman–Crippen LogP) is 2.61. The lowest BCUT2D eigenvalue weighted by Crippen LogP contribution is -2.59. The van der Waals surface area contributed by atoms with Crippen LogP contribution in [-0.4, -0.2) is 94.3 Å². The Bertz CT molecular complexity index is 1240. The molecule has 0 aromatic heterocycles. The van der Waals surface area contributed by atoms with E-state index < -0.39 is 6.04 Å². The third-order valence-corrected chi connectivity index (χ3v) is 8.55. The lowest BCUT2D eigenvalue weighted by Gasteiger charge is -2.41. The number of hydrogen-bond donors (Lipinski definition) is 1. The van der Waals surface area contributed by atoms with E-state index >= 15 is 0 Å². The molecule has 3 saturated heterocycles. The minimum absolute atomic E-state index is 0.0194. The lowest BCUT2D eigenvalue weighted by atomic mass is 9.86. The van der Waals surface area contributed by atoms with E-state index in [2.05, 4.69) is 5.32 Å². The maximum absolute atomic E-state index is 13.4. The number of amides is 6. The molecule has 0 radical (unpaired) electrons. The molecular formula is C29H33N5O4. The average Bonchev–Trinajstić information content (AvgIpc) is 3.69. The Kier molecular flexibility index (Phi) is 6.29. The van der Waals surface area contributed by atoms with Gasteiger partial charge in [-0.15, -0.1) is 0 Å². The van der Waals surface area contributed by atoms with Gasteiger partial charge in [0.05, 0.1) is 6.54 Å². The highest BCUT2D eigenvalue weighted by Gasteiger charge is 2.56. The van der Waals surface area contributed by atoms with E-state index in [0.29, 0.717) is 32.6 Å². The summed E-state index contributed by atoms with van der Waals surface area (Å²) in [6.07, 6.45) is 1.44. The average molecular weight is 516 g/mol. The quantitative estimate of drug-likeness (QED) is 0.634. The highest BCUT2D eigenvalue weighted by atomic mass is 16.2. The van der Waals surface area contributed by atoms with Crippen LogP contribution in [0, 0.1) is 0 Å². The Balaban J connectivity index is 1.12. The van der Waals surface area contributed by atoms with Crippen molar-refractivity contribution < 1.29 is 19.2 Å². The van der Waals surface area contributed by atoms with Crippen LogP contribution in [0.2, 0.25) is 0 Å². The van der Waals surface area contributed by atoms with Crippen LogP contribution in [0.5, 0.6) is 0 Å². The van der Waals surface area contributed by atoms with Crippen molar-refractivity contribution in [3.8, 4) is 0 Å². The maximum atomic E-state index is 13.4. The molecule has 0 spiro atoms. The number of benzene rings is 2. The lowest BCUT2D eigenvalue weighted by molar-refractivity contribution is -0.130. The van der Waals surface area contributed by atoms with E-state index in [1.54, 1.807) is 16.7 Å². The zero-order chi connectivity index (χ0) is 26.4. The van der Waals surface area contributed by atoms with Crippen molar-refractivity contribution in [2.24, 2.45) is 0 Å². The summed E-state index contributed by atoms with van der Waals surface area (Å²) in [5.74, 6) is -0.00600. The van der Waals surface area contributed by atoms with Gasteiger partial charge in [-0.2, -0.15) is 0 Å². The third kappa shape index (κ3) is 4.40. The van der Waals surface area contributed by atoms with Gasteiger partial charge in [0.1, 0.15) is 6.04 Å². The molecule has 6 amide bonds. The van der Waals surface area contributed by atoms with Gasteiger partial charge in [-0.05, 0) is 24.0 Å². The first-order chi connectivity index (χ1) is 18.4. The molecule has 9 heteroatoms. The highest BCUT2D eigenvalue weighted by molar-refractivity contribution is 6.05. The van der Waals surface area contributed by atoms with E-state index in [0.717, 1.165) is 17.5 Å². The standard InChI is InChI=1S/C29H33N5O4/c1-19(35)31-13-12-24(23(17-31)21-10-6-3-7-11-21)30-28(37)32-14-15-33-26(18-32)27(36)34(29(33)38)25-16-22(25)20-8-4-2-5-9-20/h2-11,22-26H,12-18H2,1H3,(H,30,37)/t22-,23?,24?,25+,26?/m1/s1. The van der Waals surface area contributed by atoms with Gasteiger partial charge in [0.2, 0.25) is 5.91 Å². The van der Waals surface area contributed by atoms with E-state index in [1.807, 2.05) is 65.6 Å². The second kappa shape index (κ2) is 9.78. The summed E-state index contributed by atoms with van der Waals surface area (Å²) in [5, 5.41) is 3.20. The first kappa shape index (κ1) is 24.5. The molecule has 1 N–H and O–H groups in total. The summed E-state index contributed by atoms with van der Waals surface area (Å²) in [4.78, 5) is 58.6. The molecule has 4 fully saturated rings. The van der Waals surface area contributed by atoms with Gasteiger partial charge in [0, 0.05) is 57.0 Å². The van der Waals surface area contributed by atoms with Crippen LogP contribution in [0.25, 0.3) is 0 Å². The van der Waals surface area contributed by atoms with Crippen LogP contribution in [0.1, 0.15) is 42.7 Å². The first-order valence-electron chi connectivity index (χ1n) is 13.5. The van der Waals surface area contributed by atoms with Crippen LogP contribution < -0.4 is 5.32 Å². The molecule has 2 aromatic rings. The van der Waals surface area contributed by atoms with E-state index in [-0.39, 0.29) is 54.3 Å². The van der Waals surface area contributed by atoms with Gasteiger partial charge in [0.15, 0.2) is 0 Å². The first-order valence-corrected chi connectivity index (χ1v) is 13.5. The number of nitrogens with one attached hydrogen (secondary N) is 1. The molecule has 38 heavy (non-hydrogen) atoms. The fraction of sp³-hybridized carbons (Fsp3) is 0.448. The zero-order valence-electron chi connectivity index (χ0n) is 21.5. The molecule has 5 atom stereocenters. The molecule has 0 bridgehead atoms. The molecule has 1 saturated carbocycles. The van der Waals surface area contributed by atoms with E-state index in [1.165, 1.54) is 4.90 Å². The normalized spacial score (nSPS) is 28.8. The number of carbonyl (C=O) groups excluding carboxylic acids is 4. The Morgan fingerprint density at radius 2 is 1.47 bits per heavy atom. The number of fused-ring (bicyclic) bond motifs is 1. The number of imide groups is 1. The summed E-state index contributed by atoms with van der Waals surface area (Å²) in [7, 11) is 0. The van der Waals surface area contributed by atoms with Gasteiger partial charge in [-0.1, -0.05) is 60.7 Å². The van der Waals surface area contributed by atoms with Crippen molar-refractivity contribution in [3.63, 3.8) is 0 Å². The smallest absolute Gasteiger partial charge is 0.327 e. The Morgan fingerprint density at radius 1 is 0.816 bits per heavy atom. The minimum atomic E-state index is -0.636. The second-order valence-corrected chi connectivity index (χ2v) is 10.8. The van der Waals surface area contributed by atoms with Crippen molar-refractivity contribution in [2.75, 3.05) is 32.7 Å².